The monoisotopic (exact) mass is 317 g/mol. The Morgan fingerprint density at radius 2 is 2.04 bits per heavy atom. The molecule has 126 valence electrons. The lowest BCUT2D eigenvalue weighted by molar-refractivity contribution is -0.125. The smallest absolute Gasteiger partial charge is 0.223 e. The Balaban J connectivity index is 1.50. The van der Waals surface area contributed by atoms with Crippen LogP contribution in [-0.2, 0) is 22.6 Å². The fourth-order valence-electron chi connectivity index (χ4n) is 3.44. The number of nitrogens with one attached hydrogen (secondary N) is 1. The summed E-state index contributed by atoms with van der Waals surface area (Å²) in [5, 5.41) is 3.06. The first-order chi connectivity index (χ1) is 11.2. The minimum Gasteiger partial charge on any atom is -0.379 e. The highest BCUT2D eigenvalue weighted by molar-refractivity contribution is 5.79. The van der Waals surface area contributed by atoms with Crippen molar-refractivity contribution in [3.63, 3.8) is 0 Å². The molecule has 3 N–H and O–H groups in total. The average molecular weight is 317 g/mol. The first-order valence-electron chi connectivity index (χ1n) is 8.62. The molecule has 1 aromatic carbocycles. The zero-order chi connectivity index (χ0) is 16.1. The first-order valence-corrected chi connectivity index (χ1v) is 8.62. The standard InChI is InChI=1S/C18H27N3O2/c19-17-5-4-16(11-17)18(22)20-12-14-2-1-3-15(10-14)13-21-6-8-23-9-7-21/h1-3,10,16-17H,4-9,11-13,19H2,(H,20,22). The van der Waals surface area contributed by atoms with Gasteiger partial charge in [0.2, 0.25) is 5.91 Å². The van der Waals surface area contributed by atoms with Crippen LogP contribution in [0.25, 0.3) is 0 Å². The van der Waals surface area contributed by atoms with Crippen LogP contribution < -0.4 is 11.1 Å². The van der Waals surface area contributed by atoms with Gasteiger partial charge in [0, 0.05) is 38.1 Å². The van der Waals surface area contributed by atoms with Crippen molar-refractivity contribution in [2.45, 2.75) is 38.4 Å². The van der Waals surface area contributed by atoms with Crippen molar-refractivity contribution in [3.05, 3.63) is 35.4 Å². The van der Waals surface area contributed by atoms with E-state index in [1.807, 2.05) is 0 Å². The van der Waals surface area contributed by atoms with Crippen molar-refractivity contribution >= 4 is 5.91 Å². The molecule has 2 aliphatic rings. The topological polar surface area (TPSA) is 67.6 Å². The van der Waals surface area contributed by atoms with Gasteiger partial charge < -0.3 is 15.8 Å². The van der Waals surface area contributed by atoms with E-state index in [1.165, 1.54) is 5.56 Å². The fourth-order valence-corrected chi connectivity index (χ4v) is 3.44. The van der Waals surface area contributed by atoms with Gasteiger partial charge in [-0.25, -0.2) is 0 Å². The zero-order valence-electron chi connectivity index (χ0n) is 13.7. The number of carbonyl (C=O) groups is 1. The molecule has 0 spiro atoms. The molecule has 1 aliphatic heterocycles. The predicted octanol–water partition coefficient (Wildman–Crippen LogP) is 1.26. The van der Waals surface area contributed by atoms with Gasteiger partial charge in [0.15, 0.2) is 0 Å². The second kappa shape index (κ2) is 7.90. The van der Waals surface area contributed by atoms with E-state index in [2.05, 4.69) is 34.5 Å². The van der Waals surface area contributed by atoms with Crippen LogP contribution in [0.1, 0.15) is 30.4 Å². The molecule has 2 fully saturated rings. The van der Waals surface area contributed by atoms with Crippen molar-refractivity contribution in [2.75, 3.05) is 26.3 Å². The first kappa shape index (κ1) is 16.4. The molecule has 1 heterocycles. The molecule has 23 heavy (non-hydrogen) atoms. The number of nitrogens with zero attached hydrogens (tertiary/aromatic N) is 1. The molecule has 1 amide bonds. The van der Waals surface area contributed by atoms with Crippen molar-refractivity contribution in [1.82, 2.24) is 10.2 Å². The Labute approximate surface area is 138 Å². The number of amides is 1. The van der Waals surface area contributed by atoms with E-state index in [0.29, 0.717) is 6.54 Å². The summed E-state index contributed by atoms with van der Waals surface area (Å²) in [6.45, 7) is 5.16. The van der Waals surface area contributed by atoms with Crippen molar-refractivity contribution < 1.29 is 9.53 Å². The Bertz CT molecular complexity index is 529. The Kier molecular flexibility index (Phi) is 5.65. The van der Waals surface area contributed by atoms with Crippen LogP contribution in [0.15, 0.2) is 24.3 Å². The van der Waals surface area contributed by atoms with Gasteiger partial charge in [-0.15, -0.1) is 0 Å². The minimum atomic E-state index is 0.0986. The Hall–Kier alpha value is -1.43. The number of hydrogen-bond donors (Lipinski definition) is 2. The van der Waals surface area contributed by atoms with Gasteiger partial charge in [-0.2, -0.15) is 0 Å². The molecule has 1 aromatic rings. The van der Waals surface area contributed by atoms with Gasteiger partial charge in [0.1, 0.15) is 0 Å². The quantitative estimate of drug-likeness (QED) is 0.858. The molecule has 1 aliphatic carbocycles. The molecule has 3 rings (SSSR count). The maximum absolute atomic E-state index is 12.2. The van der Waals surface area contributed by atoms with E-state index >= 15 is 0 Å². The number of rotatable bonds is 5. The highest BCUT2D eigenvalue weighted by Gasteiger charge is 2.27. The summed E-state index contributed by atoms with van der Waals surface area (Å²) in [6, 6.07) is 8.68. The molecule has 5 heteroatoms. The highest BCUT2D eigenvalue weighted by atomic mass is 16.5. The highest BCUT2D eigenvalue weighted by Crippen LogP contribution is 2.24. The van der Waals surface area contributed by atoms with Gasteiger partial charge in [0.05, 0.1) is 13.2 Å². The van der Waals surface area contributed by atoms with E-state index < -0.39 is 0 Å². The maximum atomic E-state index is 12.2. The number of hydrogen-bond acceptors (Lipinski definition) is 4. The molecule has 1 saturated carbocycles. The van der Waals surface area contributed by atoms with Crippen LogP contribution in [0.3, 0.4) is 0 Å². The molecule has 5 nitrogen and oxygen atoms in total. The Morgan fingerprint density at radius 1 is 1.26 bits per heavy atom. The van der Waals surface area contributed by atoms with Crippen LogP contribution in [-0.4, -0.2) is 43.2 Å². The van der Waals surface area contributed by atoms with Crippen LogP contribution in [0.4, 0.5) is 0 Å². The zero-order valence-corrected chi connectivity index (χ0v) is 13.7. The molecule has 2 atom stereocenters. The minimum absolute atomic E-state index is 0.0986. The van der Waals surface area contributed by atoms with Gasteiger partial charge in [-0.1, -0.05) is 24.3 Å². The van der Waals surface area contributed by atoms with E-state index in [-0.39, 0.29) is 17.9 Å². The second-order valence-corrected chi connectivity index (χ2v) is 6.70. The van der Waals surface area contributed by atoms with Gasteiger partial charge in [-0.3, -0.25) is 9.69 Å². The SMILES string of the molecule is NC1CCC(C(=O)NCc2cccc(CN3CCOCC3)c2)C1. The van der Waals surface area contributed by atoms with Crippen LogP contribution in [0, 0.1) is 5.92 Å². The molecular weight excluding hydrogens is 290 g/mol. The summed E-state index contributed by atoms with van der Waals surface area (Å²) in [5.74, 6) is 0.248. The van der Waals surface area contributed by atoms with Crippen LogP contribution in [0.2, 0.25) is 0 Å². The molecule has 1 saturated heterocycles. The van der Waals surface area contributed by atoms with E-state index in [4.69, 9.17) is 10.5 Å². The van der Waals surface area contributed by atoms with Gasteiger partial charge in [-0.05, 0) is 30.4 Å². The third-order valence-electron chi connectivity index (χ3n) is 4.81. The predicted molar refractivity (Wildman–Crippen MR) is 89.7 cm³/mol. The van der Waals surface area contributed by atoms with Crippen LogP contribution >= 0.6 is 0 Å². The third-order valence-corrected chi connectivity index (χ3v) is 4.81. The van der Waals surface area contributed by atoms with Gasteiger partial charge in [0.25, 0.3) is 0 Å². The lowest BCUT2D eigenvalue weighted by Gasteiger charge is -2.26. The van der Waals surface area contributed by atoms with Crippen LogP contribution in [0.5, 0.6) is 0 Å². The number of nitrogens with two attached hydrogens (primary N) is 1. The van der Waals surface area contributed by atoms with E-state index in [1.54, 1.807) is 0 Å². The van der Waals surface area contributed by atoms with Crippen molar-refractivity contribution in [2.24, 2.45) is 11.7 Å². The molecule has 0 radical (unpaired) electrons. The third kappa shape index (κ3) is 4.77. The normalized spacial score (nSPS) is 25.4. The van der Waals surface area contributed by atoms with Crippen molar-refractivity contribution in [3.8, 4) is 0 Å². The molecular formula is C18H27N3O2. The fraction of sp³-hybridized carbons (Fsp3) is 0.611. The largest absolute Gasteiger partial charge is 0.379 e. The summed E-state index contributed by atoms with van der Waals surface area (Å²) >= 11 is 0. The molecule has 2 unspecified atom stereocenters. The number of carbonyl (C=O) groups excluding carboxylic acids is 1. The maximum Gasteiger partial charge on any atom is 0.223 e. The molecule has 0 bridgehead atoms. The summed E-state index contributed by atoms with van der Waals surface area (Å²) in [4.78, 5) is 14.6. The lowest BCUT2D eigenvalue weighted by Crippen LogP contribution is -2.35. The Morgan fingerprint density at radius 3 is 2.78 bits per heavy atom. The molecule has 0 aromatic heterocycles. The summed E-state index contributed by atoms with van der Waals surface area (Å²) in [6.07, 6.45) is 2.71. The number of morpholine rings is 1. The van der Waals surface area contributed by atoms with E-state index in [0.717, 1.165) is 57.7 Å². The van der Waals surface area contributed by atoms with Crippen molar-refractivity contribution in [1.29, 1.82) is 0 Å². The second-order valence-electron chi connectivity index (χ2n) is 6.70. The average Bonchev–Trinajstić information content (AvgIpc) is 3.01. The summed E-state index contributed by atoms with van der Waals surface area (Å²) in [5.41, 5.74) is 8.34. The van der Waals surface area contributed by atoms with Gasteiger partial charge >= 0.3 is 0 Å². The van der Waals surface area contributed by atoms with E-state index in [9.17, 15) is 4.79 Å². The lowest BCUT2D eigenvalue weighted by atomic mass is 10.1. The number of ether oxygens (including phenoxy) is 1. The number of benzene rings is 1. The summed E-state index contributed by atoms with van der Waals surface area (Å²) < 4.78 is 5.38. The summed E-state index contributed by atoms with van der Waals surface area (Å²) in [7, 11) is 0.